The van der Waals surface area contributed by atoms with Crippen LogP contribution in [-0.2, 0) is 10.1 Å². The minimum atomic E-state index is -3.86. The van der Waals surface area contributed by atoms with E-state index in [0.717, 1.165) is 11.4 Å². The van der Waals surface area contributed by atoms with Crippen molar-refractivity contribution in [3.8, 4) is 0 Å². The second-order valence-corrected chi connectivity index (χ2v) is 5.66. The van der Waals surface area contributed by atoms with Crippen molar-refractivity contribution in [2.24, 2.45) is 15.6 Å². The predicted molar refractivity (Wildman–Crippen MR) is 60.0 cm³/mol. The van der Waals surface area contributed by atoms with Gasteiger partial charge in [-0.3, -0.25) is 4.55 Å². The Morgan fingerprint density at radius 3 is 2.13 bits per heavy atom. The summed E-state index contributed by atoms with van der Waals surface area (Å²) in [6.07, 6.45) is 1.05. The first kappa shape index (κ1) is 12.3. The normalized spacial score (nSPS) is 20.0. The zero-order chi connectivity index (χ0) is 11.7. The van der Waals surface area contributed by atoms with Gasteiger partial charge in [0.15, 0.2) is 0 Å². The van der Waals surface area contributed by atoms with Crippen molar-refractivity contribution in [1.82, 2.24) is 0 Å². The minimum absolute atomic E-state index is 0.205. The molecule has 0 aromatic heterocycles. The molecule has 15 heavy (non-hydrogen) atoms. The molecule has 86 valence electrons. The highest BCUT2D eigenvalue weighted by Crippen LogP contribution is 2.31. The van der Waals surface area contributed by atoms with Crippen LogP contribution in [-0.4, -0.2) is 30.1 Å². The largest absolute Gasteiger partial charge is 0.286 e. The van der Waals surface area contributed by atoms with Gasteiger partial charge in [0.2, 0.25) is 0 Å². The molecule has 0 bridgehead atoms. The molecule has 1 rings (SSSR count). The maximum absolute atomic E-state index is 10.6. The summed E-state index contributed by atoms with van der Waals surface area (Å²) in [6, 6.07) is 0. The van der Waals surface area contributed by atoms with Gasteiger partial charge >= 0.3 is 0 Å². The van der Waals surface area contributed by atoms with Crippen molar-refractivity contribution >= 4 is 21.5 Å². The summed E-state index contributed by atoms with van der Waals surface area (Å²) >= 11 is 0. The van der Waals surface area contributed by atoms with Gasteiger partial charge in [0.05, 0.1) is 5.75 Å². The van der Waals surface area contributed by atoms with E-state index in [1.54, 1.807) is 0 Å². The van der Waals surface area contributed by atoms with Gasteiger partial charge in [0, 0.05) is 16.8 Å². The molecule has 6 heteroatoms. The molecule has 0 aromatic rings. The first-order chi connectivity index (χ1) is 6.76. The van der Waals surface area contributed by atoms with E-state index in [-0.39, 0.29) is 11.2 Å². The third kappa shape index (κ3) is 2.85. The molecule has 0 saturated heterocycles. The van der Waals surface area contributed by atoms with Gasteiger partial charge in [0.25, 0.3) is 10.1 Å². The van der Waals surface area contributed by atoms with Gasteiger partial charge in [-0.15, -0.1) is 0 Å². The van der Waals surface area contributed by atoms with Gasteiger partial charge < -0.3 is 0 Å². The molecule has 0 aromatic carbocycles. The predicted octanol–water partition coefficient (Wildman–Crippen LogP) is 1.51. The van der Waals surface area contributed by atoms with E-state index >= 15 is 0 Å². The summed E-state index contributed by atoms with van der Waals surface area (Å²) in [5.41, 5.74) is 1.55. The number of nitrogens with zero attached hydrogens (tertiary/aromatic N) is 2. The van der Waals surface area contributed by atoms with Gasteiger partial charge in [-0.25, -0.2) is 0 Å². The highest BCUT2D eigenvalue weighted by atomic mass is 32.2. The van der Waals surface area contributed by atoms with Crippen LogP contribution in [0, 0.1) is 5.41 Å². The van der Waals surface area contributed by atoms with E-state index in [2.05, 4.69) is 10.2 Å². The van der Waals surface area contributed by atoms with Crippen LogP contribution in [0.15, 0.2) is 10.2 Å². The van der Waals surface area contributed by atoms with Crippen molar-refractivity contribution in [3.05, 3.63) is 0 Å². The highest BCUT2D eigenvalue weighted by molar-refractivity contribution is 7.85. The van der Waals surface area contributed by atoms with Crippen molar-refractivity contribution in [2.75, 3.05) is 5.75 Å². The molecule has 0 spiro atoms. The molecule has 1 N–H and O–H groups in total. The van der Waals surface area contributed by atoms with Crippen molar-refractivity contribution < 1.29 is 13.0 Å². The van der Waals surface area contributed by atoms with Crippen LogP contribution in [0.3, 0.4) is 0 Å². The van der Waals surface area contributed by atoms with Gasteiger partial charge in [0.1, 0.15) is 0 Å². The molecule has 1 heterocycles. The summed E-state index contributed by atoms with van der Waals surface area (Å²) in [7, 11) is -3.86. The Hall–Kier alpha value is -0.750. The Bertz CT molecular complexity index is 391. The topological polar surface area (TPSA) is 79.1 Å². The summed E-state index contributed by atoms with van der Waals surface area (Å²) in [5.74, 6) is -0.205. The number of rotatable bonds is 4. The monoisotopic (exact) mass is 232 g/mol. The lowest BCUT2D eigenvalue weighted by Gasteiger charge is -2.24. The molecule has 0 saturated carbocycles. The first-order valence-corrected chi connectivity index (χ1v) is 6.41. The molecule has 0 atom stereocenters. The average molecular weight is 232 g/mol. The molecule has 0 unspecified atom stereocenters. The van der Waals surface area contributed by atoms with E-state index in [9.17, 15) is 8.42 Å². The smallest absolute Gasteiger partial charge is 0.264 e. The molecule has 1 aliphatic rings. The molecular formula is C9H16N2O3S. The average Bonchev–Trinajstić information content (AvgIpc) is 2.31. The van der Waals surface area contributed by atoms with Crippen molar-refractivity contribution in [1.29, 1.82) is 0 Å². The fraction of sp³-hybridized carbons (Fsp3) is 0.778. The molecule has 1 aliphatic heterocycles. The third-order valence-corrected chi connectivity index (χ3v) is 3.83. The van der Waals surface area contributed by atoms with Crippen molar-refractivity contribution in [3.63, 3.8) is 0 Å². The standard InChI is InChI=1S/C9H16N2O3S/c1-7-9(3,8(2)11-10-7)5-4-6-15(12,13)14/h4-6H2,1-3H3,(H,12,13,14). The summed E-state index contributed by atoms with van der Waals surface area (Å²) in [5, 5.41) is 7.96. The van der Waals surface area contributed by atoms with Crippen LogP contribution < -0.4 is 0 Å². The van der Waals surface area contributed by atoms with Crippen LogP contribution in [0.2, 0.25) is 0 Å². The van der Waals surface area contributed by atoms with Gasteiger partial charge in [-0.2, -0.15) is 18.6 Å². The van der Waals surface area contributed by atoms with Crippen LogP contribution in [0.4, 0.5) is 0 Å². The summed E-state index contributed by atoms with van der Waals surface area (Å²) in [6.45, 7) is 5.75. The minimum Gasteiger partial charge on any atom is -0.286 e. The van der Waals surface area contributed by atoms with Crippen LogP contribution in [0.1, 0.15) is 33.6 Å². The zero-order valence-corrected chi connectivity index (χ0v) is 10.0. The second kappa shape index (κ2) is 4.02. The van der Waals surface area contributed by atoms with E-state index in [1.807, 2.05) is 20.8 Å². The zero-order valence-electron chi connectivity index (χ0n) is 9.19. The fourth-order valence-electron chi connectivity index (χ4n) is 1.60. The Kier molecular flexibility index (Phi) is 3.30. The summed E-state index contributed by atoms with van der Waals surface area (Å²) in [4.78, 5) is 0. The highest BCUT2D eigenvalue weighted by Gasteiger charge is 2.34. The van der Waals surface area contributed by atoms with E-state index in [1.165, 1.54) is 0 Å². The van der Waals surface area contributed by atoms with E-state index < -0.39 is 10.1 Å². The number of hydrogen-bond acceptors (Lipinski definition) is 4. The molecular weight excluding hydrogens is 216 g/mol. The lowest BCUT2D eigenvalue weighted by Crippen LogP contribution is -2.30. The Morgan fingerprint density at radius 1 is 1.27 bits per heavy atom. The SMILES string of the molecule is CC1=NN=C(C)C1(C)CCCS(=O)(=O)O. The Morgan fingerprint density at radius 2 is 1.73 bits per heavy atom. The van der Waals surface area contributed by atoms with Gasteiger partial charge in [-0.1, -0.05) is 0 Å². The first-order valence-electron chi connectivity index (χ1n) is 4.81. The van der Waals surface area contributed by atoms with Crippen LogP contribution >= 0.6 is 0 Å². The molecule has 0 radical (unpaired) electrons. The molecule has 0 fully saturated rings. The lowest BCUT2D eigenvalue weighted by molar-refractivity contribution is 0.474. The fourth-order valence-corrected chi connectivity index (χ4v) is 2.11. The lowest BCUT2D eigenvalue weighted by atomic mass is 9.78. The maximum Gasteiger partial charge on any atom is 0.264 e. The van der Waals surface area contributed by atoms with E-state index in [0.29, 0.717) is 12.8 Å². The Labute approximate surface area is 90.0 Å². The molecule has 0 aliphatic carbocycles. The Balaban J connectivity index is 2.59. The summed E-state index contributed by atoms with van der Waals surface area (Å²) < 4.78 is 29.8. The molecule has 5 nitrogen and oxygen atoms in total. The third-order valence-electron chi connectivity index (χ3n) is 3.03. The van der Waals surface area contributed by atoms with Crippen LogP contribution in [0.25, 0.3) is 0 Å². The molecule has 0 amide bonds. The van der Waals surface area contributed by atoms with E-state index in [4.69, 9.17) is 4.55 Å². The maximum atomic E-state index is 10.6. The van der Waals surface area contributed by atoms with Crippen LogP contribution in [0.5, 0.6) is 0 Å². The van der Waals surface area contributed by atoms with Gasteiger partial charge in [-0.05, 0) is 33.6 Å². The quantitative estimate of drug-likeness (QED) is 0.746. The number of hydrogen-bond donors (Lipinski definition) is 1. The second-order valence-electron chi connectivity index (χ2n) is 4.09. The van der Waals surface area contributed by atoms with Crippen molar-refractivity contribution in [2.45, 2.75) is 33.6 Å².